The van der Waals surface area contributed by atoms with Gasteiger partial charge in [-0.1, -0.05) is 6.07 Å². The van der Waals surface area contributed by atoms with Crippen LogP contribution in [0.5, 0.6) is 0 Å². The highest BCUT2D eigenvalue weighted by molar-refractivity contribution is 5.18. The predicted octanol–water partition coefficient (Wildman–Crippen LogP) is 0.791. The zero-order chi connectivity index (χ0) is 13.0. The Hall–Kier alpha value is -1.13. The molecule has 0 radical (unpaired) electrons. The molecule has 19 heavy (non-hydrogen) atoms. The van der Waals surface area contributed by atoms with Crippen LogP contribution in [0.4, 0.5) is 0 Å². The van der Waals surface area contributed by atoms with E-state index in [0.29, 0.717) is 11.8 Å². The number of piperidine rings is 2. The molecular weight excluding hydrogens is 240 g/mol. The molecule has 1 aromatic rings. The molecule has 0 spiro atoms. The third-order valence-corrected chi connectivity index (χ3v) is 5.21. The minimum absolute atomic E-state index is 0.117. The van der Waals surface area contributed by atoms with Crippen molar-refractivity contribution in [3.63, 3.8) is 0 Å². The second-order valence-electron chi connectivity index (χ2n) is 6.29. The maximum atomic E-state index is 12.0. The Morgan fingerprint density at radius 1 is 1.26 bits per heavy atom. The first-order chi connectivity index (χ1) is 9.24. The quantitative estimate of drug-likeness (QED) is 0.750. The van der Waals surface area contributed by atoms with Gasteiger partial charge in [0.25, 0.3) is 5.56 Å². The van der Waals surface area contributed by atoms with Crippen molar-refractivity contribution in [2.24, 2.45) is 5.92 Å². The minimum atomic E-state index is -0.208. The number of aliphatic hydroxyl groups excluding tert-OH is 1. The van der Waals surface area contributed by atoms with E-state index in [4.69, 9.17) is 0 Å². The van der Waals surface area contributed by atoms with Crippen molar-refractivity contribution in [3.8, 4) is 0 Å². The summed E-state index contributed by atoms with van der Waals surface area (Å²) in [7, 11) is 0. The number of fused-ring (bicyclic) bond motifs is 6. The molecule has 0 amide bonds. The number of hydrogen-bond acceptors (Lipinski definition) is 3. The fourth-order valence-corrected chi connectivity index (χ4v) is 4.47. The smallest absolute Gasteiger partial charge is 0.250 e. The largest absolute Gasteiger partial charge is 0.391 e. The highest BCUT2D eigenvalue weighted by Crippen LogP contribution is 2.41. The summed E-state index contributed by atoms with van der Waals surface area (Å²) in [6.07, 6.45) is 2.93. The molecule has 0 aliphatic carbocycles. The van der Waals surface area contributed by atoms with Crippen molar-refractivity contribution in [2.75, 3.05) is 13.1 Å². The molecule has 4 atom stereocenters. The van der Waals surface area contributed by atoms with E-state index in [2.05, 4.69) is 11.0 Å². The van der Waals surface area contributed by atoms with E-state index in [1.807, 2.05) is 10.6 Å². The van der Waals surface area contributed by atoms with Gasteiger partial charge in [-0.2, -0.15) is 0 Å². The van der Waals surface area contributed by atoms with Crippen LogP contribution in [0, 0.1) is 5.92 Å². The van der Waals surface area contributed by atoms with Gasteiger partial charge in [-0.25, -0.2) is 0 Å². The van der Waals surface area contributed by atoms with Crippen LogP contribution < -0.4 is 5.56 Å². The topological polar surface area (TPSA) is 45.5 Å². The Labute approximate surface area is 112 Å². The lowest BCUT2D eigenvalue weighted by Gasteiger charge is -2.52. The Bertz CT molecular complexity index is 553. The fourth-order valence-electron chi connectivity index (χ4n) is 4.47. The summed E-state index contributed by atoms with van der Waals surface area (Å²) >= 11 is 0. The molecule has 4 unspecified atom stereocenters. The zero-order valence-corrected chi connectivity index (χ0v) is 11.0. The molecule has 3 aliphatic heterocycles. The average molecular weight is 260 g/mol. The van der Waals surface area contributed by atoms with Crippen molar-refractivity contribution in [1.82, 2.24) is 9.47 Å². The molecule has 0 saturated carbocycles. The van der Waals surface area contributed by atoms with E-state index < -0.39 is 0 Å². The lowest BCUT2D eigenvalue weighted by atomic mass is 9.74. The number of aliphatic hydroxyl groups is 1. The standard InChI is InChI=1S/C15H20N2O2/c18-13-4-2-6-16-8-10-7-11(15(13)16)9-17-12(10)3-1-5-14(17)19/h1,3,5,10-11,13,15,18H,2,4,6-9H2. The lowest BCUT2D eigenvalue weighted by molar-refractivity contribution is -0.0573. The molecular formula is C15H20N2O2. The maximum Gasteiger partial charge on any atom is 0.250 e. The number of aromatic nitrogens is 1. The van der Waals surface area contributed by atoms with Crippen molar-refractivity contribution < 1.29 is 5.11 Å². The molecule has 4 heteroatoms. The summed E-state index contributed by atoms with van der Waals surface area (Å²) in [5.41, 5.74) is 1.31. The van der Waals surface area contributed by atoms with Crippen LogP contribution in [0.15, 0.2) is 23.0 Å². The Morgan fingerprint density at radius 2 is 2.16 bits per heavy atom. The highest BCUT2D eigenvalue weighted by Gasteiger charge is 2.45. The summed E-state index contributed by atoms with van der Waals surface area (Å²) in [4.78, 5) is 14.5. The molecule has 4 heterocycles. The minimum Gasteiger partial charge on any atom is -0.391 e. The molecule has 1 N–H and O–H groups in total. The van der Waals surface area contributed by atoms with Crippen LogP contribution in [0.25, 0.3) is 0 Å². The normalized spacial score (nSPS) is 37.5. The van der Waals surface area contributed by atoms with Gasteiger partial charge in [0.15, 0.2) is 0 Å². The Balaban J connectivity index is 1.76. The summed E-state index contributed by atoms with van der Waals surface area (Å²) < 4.78 is 1.94. The average Bonchev–Trinajstić information content (AvgIpc) is 2.40. The molecule has 1 aromatic heterocycles. The second-order valence-corrected chi connectivity index (χ2v) is 6.29. The molecule has 2 saturated heterocycles. The van der Waals surface area contributed by atoms with Gasteiger partial charge in [-0.05, 0) is 37.8 Å². The molecule has 4 nitrogen and oxygen atoms in total. The molecule has 4 rings (SSSR count). The van der Waals surface area contributed by atoms with Gasteiger partial charge in [-0.15, -0.1) is 0 Å². The number of hydrogen-bond donors (Lipinski definition) is 1. The van der Waals surface area contributed by atoms with E-state index in [-0.39, 0.29) is 17.7 Å². The van der Waals surface area contributed by atoms with Crippen molar-refractivity contribution in [3.05, 3.63) is 34.2 Å². The third kappa shape index (κ3) is 1.70. The second kappa shape index (κ2) is 4.18. The molecule has 3 aliphatic rings. The fraction of sp³-hybridized carbons (Fsp3) is 0.667. The molecule has 2 bridgehead atoms. The Morgan fingerprint density at radius 3 is 3.05 bits per heavy atom. The SMILES string of the molecule is O=c1cccc2n1CC1CC2CN2CCCC(O)C12. The van der Waals surface area contributed by atoms with Gasteiger partial charge in [0.2, 0.25) is 0 Å². The van der Waals surface area contributed by atoms with E-state index in [0.717, 1.165) is 38.9 Å². The van der Waals surface area contributed by atoms with Crippen molar-refractivity contribution in [2.45, 2.75) is 43.9 Å². The summed E-state index contributed by atoms with van der Waals surface area (Å²) in [5.74, 6) is 0.899. The number of pyridine rings is 1. The molecule has 2 fully saturated rings. The van der Waals surface area contributed by atoms with Crippen LogP contribution in [0.3, 0.4) is 0 Å². The van der Waals surface area contributed by atoms with Gasteiger partial charge in [0, 0.05) is 36.8 Å². The first kappa shape index (κ1) is 11.7. The van der Waals surface area contributed by atoms with Crippen LogP contribution in [-0.2, 0) is 6.54 Å². The van der Waals surface area contributed by atoms with Gasteiger partial charge in [0.05, 0.1) is 6.10 Å². The highest BCUT2D eigenvalue weighted by atomic mass is 16.3. The summed E-state index contributed by atoms with van der Waals surface area (Å²) in [5, 5.41) is 10.3. The van der Waals surface area contributed by atoms with Gasteiger partial charge in [0.1, 0.15) is 0 Å². The monoisotopic (exact) mass is 260 g/mol. The van der Waals surface area contributed by atoms with Gasteiger partial charge in [-0.3, -0.25) is 9.69 Å². The van der Waals surface area contributed by atoms with E-state index in [9.17, 15) is 9.90 Å². The van der Waals surface area contributed by atoms with E-state index in [1.165, 1.54) is 5.69 Å². The van der Waals surface area contributed by atoms with Crippen molar-refractivity contribution >= 4 is 0 Å². The number of rotatable bonds is 0. The van der Waals surface area contributed by atoms with E-state index in [1.54, 1.807) is 6.07 Å². The summed E-state index contributed by atoms with van der Waals surface area (Å²) in [6.45, 7) is 2.89. The molecule has 102 valence electrons. The van der Waals surface area contributed by atoms with Crippen LogP contribution in [0.2, 0.25) is 0 Å². The Kier molecular flexibility index (Phi) is 2.57. The zero-order valence-electron chi connectivity index (χ0n) is 11.0. The maximum absolute atomic E-state index is 12.0. The predicted molar refractivity (Wildman–Crippen MR) is 72.2 cm³/mol. The first-order valence-electron chi connectivity index (χ1n) is 7.36. The number of nitrogens with zero attached hydrogens (tertiary/aromatic N) is 2. The summed E-state index contributed by atoms with van der Waals surface area (Å²) in [6, 6.07) is 5.90. The lowest BCUT2D eigenvalue weighted by Crippen LogP contribution is -2.59. The van der Waals surface area contributed by atoms with E-state index >= 15 is 0 Å². The van der Waals surface area contributed by atoms with Crippen LogP contribution in [0.1, 0.15) is 30.9 Å². The van der Waals surface area contributed by atoms with Crippen molar-refractivity contribution in [1.29, 1.82) is 0 Å². The first-order valence-corrected chi connectivity index (χ1v) is 7.36. The van der Waals surface area contributed by atoms with Crippen LogP contribution in [-0.4, -0.2) is 39.8 Å². The molecule has 0 aromatic carbocycles. The van der Waals surface area contributed by atoms with Gasteiger partial charge < -0.3 is 9.67 Å². The third-order valence-electron chi connectivity index (χ3n) is 5.21. The van der Waals surface area contributed by atoms with Crippen LogP contribution >= 0.6 is 0 Å². The van der Waals surface area contributed by atoms with Gasteiger partial charge >= 0.3 is 0 Å².